The highest BCUT2D eigenvalue weighted by Crippen LogP contribution is 2.15. The zero-order valence-corrected chi connectivity index (χ0v) is 8.44. The maximum Gasteiger partial charge on any atom is 0.124 e. The lowest BCUT2D eigenvalue weighted by molar-refractivity contribution is 0.622. The van der Waals surface area contributed by atoms with Crippen LogP contribution >= 0.6 is 15.9 Å². The van der Waals surface area contributed by atoms with Crippen LogP contribution in [0.25, 0.3) is 0 Å². The van der Waals surface area contributed by atoms with Gasteiger partial charge in [0.05, 0.1) is 0 Å². The van der Waals surface area contributed by atoms with E-state index in [-0.39, 0.29) is 11.9 Å². The van der Waals surface area contributed by atoms with Crippen LogP contribution in [-0.4, -0.2) is 6.04 Å². The summed E-state index contributed by atoms with van der Waals surface area (Å²) in [4.78, 5) is 0. The Kier molecular flexibility index (Phi) is 3.23. The van der Waals surface area contributed by atoms with Crippen LogP contribution < -0.4 is 5.73 Å². The SMILES string of the molecule is C[C@@H](N)Cc1cc(F)cc(Br)c1. The predicted octanol–water partition coefficient (Wildman–Crippen LogP) is 2.48. The summed E-state index contributed by atoms with van der Waals surface area (Å²) in [5.41, 5.74) is 6.51. The molecule has 0 aliphatic rings. The van der Waals surface area contributed by atoms with E-state index in [0.717, 1.165) is 10.0 Å². The second kappa shape index (κ2) is 4.01. The van der Waals surface area contributed by atoms with Crippen molar-refractivity contribution < 1.29 is 4.39 Å². The molecule has 0 saturated heterocycles. The summed E-state index contributed by atoms with van der Waals surface area (Å²) in [6.07, 6.45) is 0.705. The van der Waals surface area contributed by atoms with Gasteiger partial charge in [0.2, 0.25) is 0 Å². The minimum absolute atomic E-state index is 0.0682. The lowest BCUT2D eigenvalue weighted by Crippen LogP contribution is -2.17. The molecular weight excluding hydrogens is 221 g/mol. The van der Waals surface area contributed by atoms with E-state index in [1.807, 2.05) is 13.0 Å². The smallest absolute Gasteiger partial charge is 0.124 e. The van der Waals surface area contributed by atoms with Crippen molar-refractivity contribution in [3.8, 4) is 0 Å². The molecular formula is C9H11BrFN. The van der Waals surface area contributed by atoms with Crippen LogP contribution in [0, 0.1) is 5.82 Å². The summed E-state index contributed by atoms with van der Waals surface area (Å²) in [5, 5.41) is 0. The largest absolute Gasteiger partial charge is 0.328 e. The molecule has 0 bridgehead atoms. The van der Waals surface area contributed by atoms with Gasteiger partial charge in [-0.25, -0.2) is 4.39 Å². The molecule has 1 rings (SSSR count). The molecule has 3 heteroatoms. The van der Waals surface area contributed by atoms with Gasteiger partial charge < -0.3 is 5.73 Å². The van der Waals surface area contributed by atoms with Crippen molar-refractivity contribution in [3.63, 3.8) is 0 Å². The van der Waals surface area contributed by atoms with Crippen LogP contribution in [0.3, 0.4) is 0 Å². The maximum atomic E-state index is 12.8. The van der Waals surface area contributed by atoms with Crippen molar-refractivity contribution in [1.29, 1.82) is 0 Å². The van der Waals surface area contributed by atoms with Gasteiger partial charge >= 0.3 is 0 Å². The minimum Gasteiger partial charge on any atom is -0.328 e. The van der Waals surface area contributed by atoms with Crippen LogP contribution in [0.15, 0.2) is 22.7 Å². The Morgan fingerprint density at radius 2 is 2.17 bits per heavy atom. The molecule has 0 spiro atoms. The van der Waals surface area contributed by atoms with E-state index in [9.17, 15) is 4.39 Å². The van der Waals surface area contributed by atoms with Gasteiger partial charge in [0.1, 0.15) is 5.82 Å². The van der Waals surface area contributed by atoms with Crippen molar-refractivity contribution >= 4 is 15.9 Å². The van der Waals surface area contributed by atoms with E-state index in [4.69, 9.17) is 5.73 Å². The lowest BCUT2D eigenvalue weighted by Gasteiger charge is -2.05. The van der Waals surface area contributed by atoms with Gasteiger partial charge in [-0.3, -0.25) is 0 Å². The van der Waals surface area contributed by atoms with Crippen LogP contribution in [0.1, 0.15) is 12.5 Å². The molecule has 0 unspecified atom stereocenters. The zero-order chi connectivity index (χ0) is 9.14. The Labute approximate surface area is 79.9 Å². The maximum absolute atomic E-state index is 12.8. The quantitative estimate of drug-likeness (QED) is 0.832. The number of rotatable bonds is 2. The first-order valence-corrected chi connectivity index (χ1v) is 4.58. The van der Waals surface area contributed by atoms with Crippen LogP contribution in [0.5, 0.6) is 0 Å². The topological polar surface area (TPSA) is 26.0 Å². The Bertz CT molecular complexity index is 253. The molecule has 66 valence electrons. The van der Waals surface area contributed by atoms with Gasteiger partial charge in [0, 0.05) is 10.5 Å². The molecule has 1 aromatic carbocycles. The highest BCUT2D eigenvalue weighted by Gasteiger charge is 2.01. The van der Waals surface area contributed by atoms with Crippen LogP contribution in [-0.2, 0) is 6.42 Å². The van der Waals surface area contributed by atoms with E-state index < -0.39 is 0 Å². The molecule has 1 atom stereocenters. The summed E-state index contributed by atoms with van der Waals surface area (Å²) in [5.74, 6) is -0.222. The van der Waals surface area contributed by atoms with Crippen molar-refractivity contribution in [2.45, 2.75) is 19.4 Å². The summed E-state index contributed by atoms with van der Waals surface area (Å²) in [7, 11) is 0. The normalized spacial score (nSPS) is 13.0. The second-order valence-corrected chi connectivity index (χ2v) is 3.87. The first-order valence-electron chi connectivity index (χ1n) is 3.78. The zero-order valence-electron chi connectivity index (χ0n) is 6.85. The van der Waals surface area contributed by atoms with E-state index in [0.29, 0.717) is 6.42 Å². The Morgan fingerprint density at radius 3 is 2.67 bits per heavy atom. The summed E-state index contributed by atoms with van der Waals surface area (Å²) < 4.78 is 13.6. The molecule has 0 saturated carbocycles. The Hall–Kier alpha value is -0.410. The number of benzene rings is 1. The van der Waals surface area contributed by atoms with Gasteiger partial charge in [0.25, 0.3) is 0 Å². The number of nitrogens with two attached hydrogens (primary N) is 1. The molecule has 0 aromatic heterocycles. The van der Waals surface area contributed by atoms with E-state index in [1.54, 1.807) is 0 Å². The summed E-state index contributed by atoms with van der Waals surface area (Å²) >= 11 is 3.22. The average Bonchev–Trinajstić information content (AvgIpc) is 1.81. The third kappa shape index (κ3) is 2.91. The van der Waals surface area contributed by atoms with Crippen molar-refractivity contribution in [1.82, 2.24) is 0 Å². The predicted molar refractivity (Wildman–Crippen MR) is 51.5 cm³/mol. The number of halogens is 2. The van der Waals surface area contributed by atoms with Crippen molar-refractivity contribution in [3.05, 3.63) is 34.1 Å². The van der Waals surface area contributed by atoms with E-state index >= 15 is 0 Å². The lowest BCUT2D eigenvalue weighted by atomic mass is 10.1. The van der Waals surface area contributed by atoms with Gasteiger partial charge in [0.15, 0.2) is 0 Å². The number of hydrogen-bond donors (Lipinski definition) is 1. The molecule has 12 heavy (non-hydrogen) atoms. The average molecular weight is 232 g/mol. The molecule has 0 aliphatic carbocycles. The molecule has 0 aliphatic heterocycles. The Morgan fingerprint density at radius 1 is 1.50 bits per heavy atom. The molecule has 0 heterocycles. The van der Waals surface area contributed by atoms with E-state index in [2.05, 4.69) is 15.9 Å². The molecule has 1 nitrogen and oxygen atoms in total. The third-order valence-electron chi connectivity index (χ3n) is 1.48. The van der Waals surface area contributed by atoms with Crippen molar-refractivity contribution in [2.24, 2.45) is 5.73 Å². The van der Waals surface area contributed by atoms with Gasteiger partial charge in [-0.15, -0.1) is 0 Å². The van der Waals surface area contributed by atoms with Gasteiger partial charge in [-0.1, -0.05) is 15.9 Å². The Balaban J connectivity index is 2.85. The third-order valence-corrected chi connectivity index (χ3v) is 1.94. The molecule has 0 amide bonds. The molecule has 0 fully saturated rings. The molecule has 2 N–H and O–H groups in total. The van der Waals surface area contributed by atoms with E-state index in [1.165, 1.54) is 12.1 Å². The highest BCUT2D eigenvalue weighted by atomic mass is 79.9. The summed E-state index contributed by atoms with van der Waals surface area (Å²) in [6, 6.07) is 4.89. The minimum atomic E-state index is -0.222. The van der Waals surface area contributed by atoms with Crippen LogP contribution in [0.4, 0.5) is 4.39 Å². The fourth-order valence-corrected chi connectivity index (χ4v) is 1.61. The first kappa shape index (κ1) is 9.68. The monoisotopic (exact) mass is 231 g/mol. The summed E-state index contributed by atoms with van der Waals surface area (Å²) in [6.45, 7) is 1.90. The van der Waals surface area contributed by atoms with Gasteiger partial charge in [-0.05, 0) is 37.1 Å². The number of hydrogen-bond acceptors (Lipinski definition) is 1. The first-order chi connectivity index (χ1) is 5.58. The van der Waals surface area contributed by atoms with Crippen molar-refractivity contribution in [2.75, 3.05) is 0 Å². The fraction of sp³-hybridized carbons (Fsp3) is 0.333. The fourth-order valence-electron chi connectivity index (χ4n) is 1.10. The second-order valence-electron chi connectivity index (χ2n) is 2.96. The van der Waals surface area contributed by atoms with Gasteiger partial charge in [-0.2, -0.15) is 0 Å². The van der Waals surface area contributed by atoms with Crippen LogP contribution in [0.2, 0.25) is 0 Å². The molecule has 1 aromatic rings. The highest BCUT2D eigenvalue weighted by molar-refractivity contribution is 9.10. The standard InChI is InChI=1S/C9H11BrFN/c1-6(12)2-7-3-8(10)5-9(11)4-7/h3-6H,2,12H2,1H3/t6-/m1/s1. The molecule has 0 radical (unpaired) electrons.